The summed E-state index contributed by atoms with van der Waals surface area (Å²) >= 11 is 0. The first-order valence-electron chi connectivity index (χ1n) is 7.20. The van der Waals surface area contributed by atoms with Crippen LogP contribution in [-0.2, 0) is 9.84 Å². The second-order valence-electron chi connectivity index (χ2n) is 5.71. The van der Waals surface area contributed by atoms with E-state index < -0.39 is 9.84 Å². The van der Waals surface area contributed by atoms with E-state index in [9.17, 15) is 13.2 Å². The predicted octanol–water partition coefficient (Wildman–Crippen LogP) is 1.35. The third-order valence-electron chi connectivity index (χ3n) is 3.74. The minimum absolute atomic E-state index is 0.166. The summed E-state index contributed by atoms with van der Waals surface area (Å²) in [6.45, 7) is 2.70. The van der Waals surface area contributed by atoms with Crippen molar-refractivity contribution in [3.63, 3.8) is 0 Å². The van der Waals surface area contributed by atoms with Crippen LogP contribution < -0.4 is 10.6 Å². The Morgan fingerprint density at radius 2 is 2.14 bits per heavy atom. The van der Waals surface area contributed by atoms with Crippen molar-refractivity contribution in [1.82, 2.24) is 10.6 Å². The molecule has 0 aromatic heterocycles. The fraction of sp³-hybridized carbons (Fsp3) is 0.533. The van der Waals surface area contributed by atoms with E-state index >= 15 is 0 Å². The van der Waals surface area contributed by atoms with E-state index in [0.717, 1.165) is 19.1 Å². The highest BCUT2D eigenvalue weighted by molar-refractivity contribution is 7.90. The van der Waals surface area contributed by atoms with Gasteiger partial charge in [0.2, 0.25) is 0 Å². The topological polar surface area (TPSA) is 75.3 Å². The summed E-state index contributed by atoms with van der Waals surface area (Å²) in [5, 5.41) is 6.32. The lowest BCUT2D eigenvalue weighted by atomic mass is 9.99. The van der Waals surface area contributed by atoms with Gasteiger partial charge in [-0.1, -0.05) is 12.5 Å². The van der Waals surface area contributed by atoms with Crippen LogP contribution in [0.25, 0.3) is 0 Å². The Balaban J connectivity index is 1.97. The van der Waals surface area contributed by atoms with Gasteiger partial charge in [0.1, 0.15) is 0 Å². The number of carbonyl (C=O) groups is 1. The summed E-state index contributed by atoms with van der Waals surface area (Å²) in [6.07, 6.45) is 4.52. The Bertz CT molecular complexity index is 613. The molecule has 2 rings (SSSR count). The summed E-state index contributed by atoms with van der Waals surface area (Å²) in [6, 6.07) is 6.90. The molecule has 116 valence electrons. The number of piperidine rings is 1. The molecule has 2 N–H and O–H groups in total. The minimum Gasteiger partial charge on any atom is -0.350 e. The highest BCUT2D eigenvalue weighted by Crippen LogP contribution is 2.13. The molecule has 1 aliphatic heterocycles. The van der Waals surface area contributed by atoms with Gasteiger partial charge in [-0.15, -0.1) is 0 Å². The minimum atomic E-state index is -3.29. The Morgan fingerprint density at radius 3 is 2.81 bits per heavy atom. The van der Waals surface area contributed by atoms with Crippen molar-refractivity contribution in [3.05, 3.63) is 29.8 Å². The lowest BCUT2D eigenvalue weighted by molar-refractivity contribution is 0.0946. The summed E-state index contributed by atoms with van der Waals surface area (Å²) in [5.74, 6) is -0.236. The smallest absolute Gasteiger partial charge is 0.251 e. The van der Waals surface area contributed by atoms with Gasteiger partial charge in [0.25, 0.3) is 5.91 Å². The Kier molecular flexibility index (Phi) is 5.00. The van der Waals surface area contributed by atoms with E-state index in [0.29, 0.717) is 18.2 Å². The van der Waals surface area contributed by atoms with Gasteiger partial charge >= 0.3 is 0 Å². The van der Waals surface area contributed by atoms with Gasteiger partial charge in [-0.2, -0.15) is 0 Å². The van der Waals surface area contributed by atoms with Crippen molar-refractivity contribution in [2.75, 3.05) is 12.8 Å². The van der Waals surface area contributed by atoms with Gasteiger partial charge in [-0.3, -0.25) is 4.79 Å². The molecule has 6 heteroatoms. The summed E-state index contributed by atoms with van der Waals surface area (Å²) in [7, 11) is -3.29. The molecule has 0 radical (unpaired) electrons. The summed E-state index contributed by atoms with van der Waals surface area (Å²) in [5.41, 5.74) is 0.377. The molecule has 1 fully saturated rings. The number of hydrogen-bond donors (Lipinski definition) is 2. The van der Waals surface area contributed by atoms with E-state index in [1.165, 1.54) is 18.6 Å². The number of nitrogens with one attached hydrogen (secondary N) is 2. The molecule has 1 aromatic rings. The van der Waals surface area contributed by atoms with Crippen LogP contribution >= 0.6 is 0 Å². The molecule has 21 heavy (non-hydrogen) atoms. The van der Waals surface area contributed by atoms with E-state index in [1.54, 1.807) is 12.1 Å². The highest BCUT2D eigenvalue weighted by atomic mass is 32.2. The first kappa shape index (κ1) is 16.0. The van der Waals surface area contributed by atoms with Crippen molar-refractivity contribution >= 4 is 15.7 Å². The molecule has 0 saturated carbocycles. The van der Waals surface area contributed by atoms with Crippen LogP contribution in [0.15, 0.2) is 29.2 Å². The average molecular weight is 310 g/mol. The number of hydrogen-bond acceptors (Lipinski definition) is 4. The van der Waals surface area contributed by atoms with Crippen LogP contribution in [0.1, 0.15) is 36.5 Å². The molecule has 1 aromatic carbocycles. The van der Waals surface area contributed by atoms with Crippen molar-refractivity contribution < 1.29 is 13.2 Å². The highest BCUT2D eigenvalue weighted by Gasteiger charge is 2.18. The normalized spacial score (nSPS) is 22.8. The Hall–Kier alpha value is -1.40. The maximum absolute atomic E-state index is 12.1. The third-order valence-corrected chi connectivity index (χ3v) is 4.85. The van der Waals surface area contributed by atoms with Crippen molar-refractivity contribution in [1.29, 1.82) is 0 Å². The largest absolute Gasteiger partial charge is 0.350 e. The second-order valence-corrected chi connectivity index (χ2v) is 7.72. The summed E-state index contributed by atoms with van der Waals surface area (Å²) in [4.78, 5) is 12.3. The van der Waals surface area contributed by atoms with E-state index in [-0.39, 0.29) is 16.8 Å². The molecule has 0 spiro atoms. The van der Waals surface area contributed by atoms with Crippen molar-refractivity contribution in [2.24, 2.45) is 0 Å². The van der Waals surface area contributed by atoms with Crippen LogP contribution in [0.5, 0.6) is 0 Å². The standard InChI is InChI=1S/C15H22N2O3S/c1-11-5-3-7-13(17-11)10-16-15(18)12-6-4-8-14(9-12)21(2,19)20/h4,6,8-9,11,13,17H,3,5,7,10H2,1-2H3,(H,16,18). The van der Waals surface area contributed by atoms with Gasteiger partial charge in [-0.05, 0) is 38.0 Å². The number of carbonyl (C=O) groups excluding carboxylic acids is 1. The quantitative estimate of drug-likeness (QED) is 0.880. The van der Waals surface area contributed by atoms with Crippen molar-refractivity contribution in [3.8, 4) is 0 Å². The van der Waals surface area contributed by atoms with Gasteiger partial charge in [0.15, 0.2) is 9.84 Å². The lowest BCUT2D eigenvalue weighted by Gasteiger charge is -2.28. The predicted molar refractivity (Wildman–Crippen MR) is 82.1 cm³/mol. The number of amides is 1. The molecular formula is C15H22N2O3S. The molecule has 1 amide bonds. The Morgan fingerprint density at radius 1 is 1.38 bits per heavy atom. The molecule has 2 atom stereocenters. The van der Waals surface area contributed by atoms with Crippen LogP contribution in [-0.4, -0.2) is 39.2 Å². The van der Waals surface area contributed by atoms with Crippen molar-refractivity contribution in [2.45, 2.75) is 43.2 Å². The molecule has 1 heterocycles. The van der Waals surface area contributed by atoms with Gasteiger partial charge in [0, 0.05) is 30.4 Å². The fourth-order valence-corrected chi connectivity index (χ4v) is 3.25. The van der Waals surface area contributed by atoms with E-state index in [1.807, 2.05) is 0 Å². The maximum Gasteiger partial charge on any atom is 0.251 e. The SMILES string of the molecule is CC1CCCC(CNC(=O)c2cccc(S(C)(=O)=O)c2)N1. The zero-order valence-electron chi connectivity index (χ0n) is 12.4. The van der Waals surface area contributed by atoms with Gasteiger partial charge < -0.3 is 10.6 Å². The first-order chi connectivity index (χ1) is 9.86. The van der Waals surface area contributed by atoms with E-state index in [4.69, 9.17) is 0 Å². The molecular weight excluding hydrogens is 288 g/mol. The molecule has 5 nitrogen and oxygen atoms in total. The Labute approximate surface area is 126 Å². The number of sulfone groups is 1. The van der Waals surface area contributed by atoms with Crippen LogP contribution in [0.2, 0.25) is 0 Å². The average Bonchev–Trinajstić information content (AvgIpc) is 2.44. The van der Waals surface area contributed by atoms with Gasteiger partial charge in [-0.25, -0.2) is 8.42 Å². The molecule has 2 unspecified atom stereocenters. The number of rotatable bonds is 4. The molecule has 1 saturated heterocycles. The summed E-state index contributed by atoms with van der Waals surface area (Å²) < 4.78 is 23.0. The zero-order chi connectivity index (χ0) is 15.5. The first-order valence-corrected chi connectivity index (χ1v) is 9.10. The van der Waals surface area contributed by atoms with Gasteiger partial charge in [0.05, 0.1) is 4.90 Å². The fourth-order valence-electron chi connectivity index (χ4n) is 2.59. The molecule has 0 aliphatic carbocycles. The molecule has 1 aliphatic rings. The van der Waals surface area contributed by atoms with E-state index in [2.05, 4.69) is 17.6 Å². The second kappa shape index (κ2) is 6.58. The van der Waals surface area contributed by atoms with Crippen LogP contribution in [0, 0.1) is 0 Å². The molecule has 0 bridgehead atoms. The van der Waals surface area contributed by atoms with Crippen LogP contribution in [0.4, 0.5) is 0 Å². The monoisotopic (exact) mass is 310 g/mol. The van der Waals surface area contributed by atoms with Crippen LogP contribution in [0.3, 0.4) is 0 Å². The zero-order valence-corrected chi connectivity index (χ0v) is 13.2. The third kappa shape index (κ3) is 4.54. The lowest BCUT2D eigenvalue weighted by Crippen LogP contribution is -2.47. The number of benzene rings is 1. The maximum atomic E-state index is 12.1.